The van der Waals surface area contributed by atoms with E-state index in [4.69, 9.17) is 0 Å². The minimum atomic E-state index is -0.538. The van der Waals surface area contributed by atoms with Crippen LogP contribution < -0.4 is 4.90 Å². The summed E-state index contributed by atoms with van der Waals surface area (Å²) in [7, 11) is 0. The molecule has 0 N–H and O–H groups in total. The molecule has 0 atom stereocenters. The topological polar surface area (TPSA) is 8.17 Å². The van der Waals surface area contributed by atoms with Crippen LogP contribution in [-0.4, -0.2) is 4.57 Å². The maximum absolute atomic E-state index is 2.46. The molecule has 0 amide bonds. The van der Waals surface area contributed by atoms with Crippen LogP contribution in [0.1, 0.15) is 22.3 Å². The predicted octanol–water partition coefficient (Wildman–Crippen LogP) is 15.4. The molecule has 286 valence electrons. The molecule has 61 heavy (non-hydrogen) atoms. The first-order valence-electron chi connectivity index (χ1n) is 21.1. The predicted molar refractivity (Wildman–Crippen MR) is 256 cm³/mol. The quantitative estimate of drug-likeness (QED) is 0.156. The fourth-order valence-corrected chi connectivity index (χ4v) is 10.2. The molecule has 1 aromatic heterocycles. The van der Waals surface area contributed by atoms with Gasteiger partial charge in [-0.2, -0.15) is 0 Å². The van der Waals surface area contributed by atoms with Crippen LogP contribution in [0.25, 0.3) is 60.5 Å². The summed E-state index contributed by atoms with van der Waals surface area (Å²) in [4.78, 5) is 2.42. The summed E-state index contributed by atoms with van der Waals surface area (Å²) in [5, 5.41) is 5.00. The van der Waals surface area contributed by atoms with Gasteiger partial charge in [-0.1, -0.05) is 170 Å². The van der Waals surface area contributed by atoms with E-state index in [0.29, 0.717) is 0 Å². The molecule has 12 rings (SSSR count). The summed E-state index contributed by atoms with van der Waals surface area (Å²) < 4.78 is 2.39. The molecule has 0 unspecified atom stereocenters. The minimum absolute atomic E-state index is 0.538. The van der Waals surface area contributed by atoms with Crippen molar-refractivity contribution in [3.05, 3.63) is 265 Å². The molecule has 2 nitrogen and oxygen atoms in total. The lowest BCUT2D eigenvalue weighted by atomic mass is 9.67. The molecule has 11 aromatic rings. The number of rotatable bonds is 7. The van der Waals surface area contributed by atoms with Gasteiger partial charge in [-0.25, -0.2) is 0 Å². The molecule has 0 bridgehead atoms. The Hall–Kier alpha value is -7.94. The van der Waals surface area contributed by atoms with Crippen LogP contribution in [0, 0.1) is 0 Å². The van der Waals surface area contributed by atoms with Gasteiger partial charge in [0.25, 0.3) is 0 Å². The molecule has 1 heterocycles. The van der Waals surface area contributed by atoms with Crippen LogP contribution in [0.5, 0.6) is 0 Å². The molecule has 0 aliphatic heterocycles. The van der Waals surface area contributed by atoms with Gasteiger partial charge in [0.05, 0.1) is 16.4 Å². The first-order chi connectivity index (χ1) is 30.3. The number of aromatic nitrogens is 1. The van der Waals surface area contributed by atoms with E-state index in [1.807, 2.05) is 0 Å². The van der Waals surface area contributed by atoms with Gasteiger partial charge in [-0.3, -0.25) is 0 Å². The SMILES string of the molecule is c1ccc(N(c2cccc(-c3ccc4c5ccccc5n(-c5ccccc5)c4c3)c2)c2ccc3c(c2)C(c2ccccc2)(c2ccccc2)c2cc4ccccc4cc2-3)cc1. The lowest BCUT2D eigenvalue weighted by Gasteiger charge is -2.35. The Balaban J connectivity index is 1.07. The summed E-state index contributed by atoms with van der Waals surface area (Å²) in [5.41, 5.74) is 16.3. The number of fused-ring (bicyclic) bond motifs is 7. The molecule has 0 fully saturated rings. The van der Waals surface area contributed by atoms with Crippen LogP contribution in [0.2, 0.25) is 0 Å². The first kappa shape index (κ1) is 35.0. The van der Waals surface area contributed by atoms with Crippen LogP contribution in [-0.2, 0) is 5.41 Å². The molecule has 0 radical (unpaired) electrons. The molecular formula is C59H40N2. The Kier molecular flexibility index (Phi) is 8.11. The summed E-state index contributed by atoms with van der Waals surface area (Å²) >= 11 is 0. The van der Waals surface area contributed by atoms with E-state index < -0.39 is 5.41 Å². The molecule has 1 aliphatic carbocycles. The molecule has 1 aliphatic rings. The monoisotopic (exact) mass is 776 g/mol. The van der Waals surface area contributed by atoms with E-state index in [0.717, 1.165) is 28.3 Å². The lowest BCUT2D eigenvalue weighted by Crippen LogP contribution is -2.28. The lowest BCUT2D eigenvalue weighted by molar-refractivity contribution is 0.769. The van der Waals surface area contributed by atoms with Crippen molar-refractivity contribution in [2.45, 2.75) is 5.41 Å². The van der Waals surface area contributed by atoms with Crippen molar-refractivity contribution in [1.29, 1.82) is 0 Å². The highest BCUT2D eigenvalue weighted by molar-refractivity contribution is 6.10. The van der Waals surface area contributed by atoms with Crippen LogP contribution in [0.3, 0.4) is 0 Å². The van der Waals surface area contributed by atoms with Gasteiger partial charge in [0, 0.05) is 33.5 Å². The number of benzene rings is 10. The Morgan fingerprint density at radius 1 is 0.328 bits per heavy atom. The molecule has 10 aromatic carbocycles. The zero-order valence-corrected chi connectivity index (χ0v) is 33.5. The fraction of sp³-hybridized carbons (Fsp3) is 0.0169. The average Bonchev–Trinajstić information content (AvgIpc) is 3.81. The van der Waals surface area contributed by atoms with Crippen LogP contribution in [0.4, 0.5) is 17.1 Å². The normalized spacial score (nSPS) is 12.7. The number of hydrogen-bond acceptors (Lipinski definition) is 1. The van der Waals surface area contributed by atoms with Crippen molar-refractivity contribution >= 4 is 49.6 Å². The van der Waals surface area contributed by atoms with E-state index >= 15 is 0 Å². The Bertz CT molecular complexity index is 3360. The van der Waals surface area contributed by atoms with E-state index in [1.165, 1.54) is 71.5 Å². The van der Waals surface area contributed by atoms with Crippen molar-refractivity contribution < 1.29 is 0 Å². The largest absolute Gasteiger partial charge is 0.310 e. The highest BCUT2D eigenvalue weighted by atomic mass is 15.1. The standard InChI is InChI=1S/C59H40N2/c1-5-21-45(22-6-1)59(46-23-7-2-8-24-46)55-38-43-19-14-13-18-42(43)37-54(55)51-35-33-50(40-56(51)59)60(47-25-9-3-10-26-47)49-29-17-20-41(36-49)44-32-34-53-52-30-15-16-31-57(52)61(58(53)39-44)48-27-11-4-12-28-48/h1-40H. The van der Waals surface area contributed by atoms with E-state index in [1.54, 1.807) is 0 Å². The van der Waals surface area contributed by atoms with Crippen molar-refractivity contribution in [1.82, 2.24) is 4.57 Å². The summed E-state index contributed by atoms with van der Waals surface area (Å²) in [6, 6.07) is 89.1. The molecule has 2 heteroatoms. The van der Waals surface area contributed by atoms with Gasteiger partial charge in [0.1, 0.15) is 0 Å². The number of anilines is 3. The second kappa shape index (κ2) is 14.1. The van der Waals surface area contributed by atoms with Crippen molar-refractivity contribution in [2.75, 3.05) is 4.90 Å². The van der Waals surface area contributed by atoms with Crippen molar-refractivity contribution in [3.8, 4) is 27.9 Å². The third-order valence-electron chi connectivity index (χ3n) is 12.8. The second-order valence-electron chi connectivity index (χ2n) is 16.1. The van der Waals surface area contributed by atoms with E-state index in [9.17, 15) is 0 Å². The minimum Gasteiger partial charge on any atom is -0.310 e. The third kappa shape index (κ3) is 5.50. The molecule has 0 spiro atoms. The molecular weight excluding hydrogens is 737 g/mol. The van der Waals surface area contributed by atoms with Gasteiger partial charge >= 0.3 is 0 Å². The number of para-hydroxylation sites is 3. The Labute approximate surface area is 355 Å². The number of hydrogen-bond donors (Lipinski definition) is 0. The van der Waals surface area contributed by atoms with Gasteiger partial charge in [-0.05, 0) is 128 Å². The van der Waals surface area contributed by atoms with Gasteiger partial charge < -0.3 is 9.47 Å². The van der Waals surface area contributed by atoms with Crippen molar-refractivity contribution in [3.63, 3.8) is 0 Å². The smallest absolute Gasteiger partial charge is 0.0714 e. The maximum atomic E-state index is 2.46. The Morgan fingerprint density at radius 3 is 1.62 bits per heavy atom. The van der Waals surface area contributed by atoms with Gasteiger partial charge in [0.2, 0.25) is 0 Å². The average molecular weight is 777 g/mol. The third-order valence-corrected chi connectivity index (χ3v) is 12.8. The van der Waals surface area contributed by atoms with Gasteiger partial charge in [-0.15, -0.1) is 0 Å². The van der Waals surface area contributed by atoms with Gasteiger partial charge in [0.15, 0.2) is 0 Å². The van der Waals surface area contributed by atoms with Crippen molar-refractivity contribution in [2.24, 2.45) is 0 Å². The van der Waals surface area contributed by atoms with E-state index in [2.05, 4.69) is 252 Å². The van der Waals surface area contributed by atoms with Crippen LogP contribution >= 0.6 is 0 Å². The maximum Gasteiger partial charge on any atom is 0.0714 e. The summed E-state index contributed by atoms with van der Waals surface area (Å²) in [5.74, 6) is 0. The van der Waals surface area contributed by atoms with E-state index in [-0.39, 0.29) is 0 Å². The Morgan fingerprint density at radius 2 is 0.885 bits per heavy atom. The zero-order valence-electron chi connectivity index (χ0n) is 33.5. The highest BCUT2D eigenvalue weighted by Gasteiger charge is 2.46. The summed E-state index contributed by atoms with van der Waals surface area (Å²) in [6.07, 6.45) is 0. The zero-order chi connectivity index (χ0) is 40.3. The number of nitrogens with zero attached hydrogens (tertiary/aromatic N) is 2. The first-order valence-corrected chi connectivity index (χ1v) is 21.1. The second-order valence-corrected chi connectivity index (χ2v) is 16.1. The summed E-state index contributed by atoms with van der Waals surface area (Å²) in [6.45, 7) is 0. The fourth-order valence-electron chi connectivity index (χ4n) is 10.2. The van der Waals surface area contributed by atoms with Crippen LogP contribution in [0.15, 0.2) is 243 Å². The highest BCUT2D eigenvalue weighted by Crippen LogP contribution is 2.58. The molecule has 0 saturated heterocycles. The molecule has 0 saturated carbocycles.